The van der Waals surface area contributed by atoms with Gasteiger partial charge in [0.15, 0.2) is 5.82 Å². The summed E-state index contributed by atoms with van der Waals surface area (Å²) in [6.07, 6.45) is 0.330. The van der Waals surface area contributed by atoms with Crippen LogP contribution in [0.5, 0.6) is 0 Å². The lowest BCUT2D eigenvalue weighted by Gasteiger charge is -2.07. The Hall–Kier alpha value is -1.45. The van der Waals surface area contributed by atoms with Gasteiger partial charge in [-0.2, -0.15) is 4.98 Å². The number of halogens is 1. The highest BCUT2D eigenvalue weighted by atomic mass is 79.9. The minimum absolute atomic E-state index is 0.139. The van der Waals surface area contributed by atoms with E-state index in [0.717, 1.165) is 0 Å². The number of nitrogens with zero attached hydrogens (tertiary/aromatic N) is 2. The maximum Gasteiger partial charge on any atom is 0.240 e. The lowest BCUT2D eigenvalue weighted by Crippen LogP contribution is -2.26. The Labute approximate surface area is 124 Å². The summed E-state index contributed by atoms with van der Waals surface area (Å²) in [6.45, 7) is 1.87. The summed E-state index contributed by atoms with van der Waals surface area (Å²) in [7, 11) is -3.59. The molecule has 0 aliphatic rings. The molecule has 20 heavy (non-hydrogen) atoms. The van der Waals surface area contributed by atoms with Gasteiger partial charge in [-0.1, -0.05) is 5.16 Å². The zero-order valence-electron chi connectivity index (χ0n) is 10.6. The fourth-order valence-corrected chi connectivity index (χ4v) is 3.08. The second-order valence-corrected chi connectivity index (χ2v) is 6.69. The highest BCUT2D eigenvalue weighted by molar-refractivity contribution is 9.10. The molecule has 3 N–H and O–H groups in total. The average Bonchev–Trinajstić information content (AvgIpc) is 2.78. The second kappa shape index (κ2) is 5.90. The number of anilines is 1. The van der Waals surface area contributed by atoms with E-state index in [0.29, 0.717) is 28.3 Å². The molecule has 9 heteroatoms. The Morgan fingerprint density at radius 2 is 2.20 bits per heavy atom. The van der Waals surface area contributed by atoms with Gasteiger partial charge in [-0.25, -0.2) is 13.1 Å². The van der Waals surface area contributed by atoms with Crippen molar-refractivity contribution in [3.8, 4) is 0 Å². The lowest BCUT2D eigenvalue weighted by molar-refractivity contribution is 0.375. The van der Waals surface area contributed by atoms with Crippen molar-refractivity contribution in [3.05, 3.63) is 34.4 Å². The number of hydrogen-bond donors (Lipinski definition) is 2. The Balaban J connectivity index is 2.02. The first kappa shape index (κ1) is 14.9. The molecule has 0 aliphatic carbocycles. The maximum atomic E-state index is 12.1. The molecule has 0 atom stereocenters. The number of nitrogens with two attached hydrogens (primary N) is 1. The summed E-state index contributed by atoms with van der Waals surface area (Å²) < 4.78 is 32.0. The van der Waals surface area contributed by atoms with Crippen molar-refractivity contribution in [2.45, 2.75) is 18.2 Å². The van der Waals surface area contributed by atoms with Gasteiger partial charge in [0.1, 0.15) is 0 Å². The van der Waals surface area contributed by atoms with Crippen LogP contribution in [-0.4, -0.2) is 25.1 Å². The largest absolute Gasteiger partial charge is 0.398 e. The van der Waals surface area contributed by atoms with E-state index in [1.54, 1.807) is 6.92 Å². The van der Waals surface area contributed by atoms with Gasteiger partial charge in [-0.05, 0) is 41.1 Å². The van der Waals surface area contributed by atoms with Crippen molar-refractivity contribution in [2.24, 2.45) is 0 Å². The van der Waals surface area contributed by atoms with E-state index < -0.39 is 10.0 Å². The summed E-state index contributed by atoms with van der Waals surface area (Å²) in [5.41, 5.74) is 6.10. The fourth-order valence-electron chi connectivity index (χ4n) is 1.49. The van der Waals surface area contributed by atoms with Gasteiger partial charge in [0, 0.05) is 23.1 Å². The molecule has 0 aliphatic heterocycles. The second-order valence-electron chi connectivity index (χ2n) is 4.07. The Morgan fingerprint density at radius 3 is 2.80 bits per heavy atom. The molecule has 1 aromatic heterocycles. The molecular formula is C11H13BrN4O3S. The van der Waals surface area contributed by atoms with E-state index in [-0.39, 0.29) is 11.4 Å². The number of rotatable bonds is 5. The van der Waals surface area contributed by atoms with Gasteiger partial charge in [0.05, 0.1) is 4.90 Å². The molecule has 1 aromatic carbocycles. The Bertz CT molecular complexity index is 714. The molecule has 0 radical (unpaired) electrons. The van der Waals surface area contributed by atoms with Gasteiger partial charge in [0.25, 0.3) is 0 Å². The molecule has 108 valence electrons. The van der Waals surface area contributed by atoms with Crippen LogP contribution >= 0.6 is 15.9 Å². The van der Waals surface area contributed by atoms with E-state index in [1.807, 2.05) is 0 Å². The van der Waals surface area contributed by atoms with Crippen molar-refractivity contribution < 1.29 is 12.9 Å². The molecular weight excluding hydrogens is 348 g/mol. The van der Waals surface area contributed by atoms with Crippen LogP contribution < -0.4 is 10.5 Å². The van der Waals surface area contributed by atoms with E-state index in [9.17, 15) is 8.42 Å². The van der Waals surface area contributed by atoms with Gasteiger partial charge >= 0.3 is 0 Å². The molecule has 0 bridgehead atoms. The average molecular weight is 361 g/mol. The van der Waals surface area contributed by atoms with Crippen LogP contribution in [0.2, 0.25) is 0 Å². The summed E-state index contributed by atoms with van der Waals surface area (Å²) >= 11 is 3.20. The van der Waals surface area contributed by atoms with Crippen LogP contribution in [-0.2, 0) is 16.4 Å². The van der Waals surface area contributed by atoms with Crippen LogP contribution in [0.1, 0.15) is 11.7 Å². The molecule has 2 aromatic rings. The lowest BCUT2D eigenvalue weighted by atomic mass is 10.3. The number of aryl methyl sites for hydroxylation is 1. The monoisotopic (exact) mass is 360 g/mol. The molecule has 0 amide bonds. The SMILES string of the molecule is Cc1noc(CCNS(=O)(=O)c2ccc(N)c(Br)c2)n1. The number of benzene rings is 1. The number of aromatic nitrogens is 2. The third-order valence-electron chi connectivity index (χ3n) is 2.48. The normalized spacial score (nSPS) is 11.7. The number of hydrogen-bond acceptors (Lipinski definition) is 6. The van der Waals surface area contributed by atoms with Crippen molar-refractivity contribution in [1.29, 1.82) is 0 Å². The zero-order chi connectivity index (χ0) is 14.8. The first-order valence-corrected chi connectivity index (χ1v) is 8.00. The third kappa shape index (κ3) is 3.56. The minimum atomic E-state index is -3.59. The van der Waals surface area contributed by atoms with Crippen LogP contribution in [0, 0.1) is 6.92 Å². The van der Waals surface area contributed by atoms with E-state index >= 15 is 0 Å². The first-order valence-electron chi connectivity index (χ1n) is 5.72. The molecule has 2 rings (SSSR count). The standard InChI is InChI=1S/C11H13BrN4O3S/c1-7-15-11(19-16-7)4-5-14-20(17,18)8-2-3-10(13)9(12)6-8/h2-3,6,14H,4-5,13H2,1H3. The highest BCUT2D eigenvalue weighted by Crippen LogP contribution is 2.22. The summed E-state index contributed by atoms with van der Waals surface area (Å²) in [4.78, 5) is 4.13. The van der Waals surface area contributed by atoms with E-state index in [4.69, 9.17) is 10.3 Å². The van der Waals surface area contributed by atoms with Gasteiger partial charge < -0.3 is 10.3 Å². The van der Waals surface area contributed by atoms with Crippen molar-refractivity contribution in [3.63, 3.8) is 0 Å². The number of nitrogens with one attached hydrogen (secondary N) is 1. The smallest absolute Gasteiger partial charge is 0.240 e. The highest BCUT2D eigenvalue weighted by Gasteiger charge is 2.15. The topological polar surface area (TPSA) is 111 Å². The van der Waals surface area contributed by atoms with Crippen molar-refractivity contribution >= 4 is 31.6 Å². The predicted octanol–water partition coefficient (Wildman–Crippen LogP) is 1.24. The zero-order valence-corrected chi connectivity index (χ0v) is 13.0. The summed E-state index contributed by atoms with van der Waals surface area (Å²) in [5, 5.41) is 3.63. The molecule has 0 fully saturated rings. The van der Waals surface area contributed by atoms with Crippen LogP contribution in [0.4, 0.5) is 5.69 Å². The summed E-state index contributed by atoms with van der Waals surface area (Å²) in [5.74, 6) is 0.911. The number of sulfonamides is 1. The van der Waals surface area contributed by atoms with Gasteiger partial charge in [-0.15, -0.1) is 0 Å². The first-order chi connectivity index (χ1) is 9.38. The quantitative estimate of drug-likeness (QED) is 0.776. The summed E-state index contributed by atoms with van der Waals surface area (Å²) in [6, 6.07) is 4.42. The molecule has 0 spiro atoms. The van der Waals surface area contributed by atoms with E-state index in [2.05, 4.69) is 30.8 Å². The Kier molecular flexibility index (Phi) is 4.41. The third-order valence-corrected chi connectivity index (χ3v) is 4.63. The van der Waals surface area contributed by atoms with E-state index in [1.165, 1.54) is 18.2 Å². The molecule has 0 saturated carbocycles. The van der Waals surface area contributed by atoms with Crippen LogP contribution in [0.3, 0.4) is 0 Å². The van der Waals surface area contributed by atoms with Gasteiger partial charge in [-0.3, -0.25) is 0 Å². The number of nitrogen functional groups attached to an aromatic ring is 1. The molecule has 0 saturated heterocycles. The van der Waals surface area contributed by atoms with Gasteiger partial charge in [0.2, 0.25) is 15.9 Å². The maximum absolute atomic E-state index is 12.1. The fraction of sp³-hybridized carbons (Fsp3) is 0.273. The molecule has 7 nitrogen and oxygen atoms in total. The van der Waals surface area contributed by atoms with Crippen molar-refractivity contribution in [2.75, 3.05) is 12.3 Å². The molecule has 0 unspecified atom stereocenters. The van der Waals surface area contributed by atoms with Crippen LogP contribution in [0.25, 0.3) is 0 Å². The van der Waals surface area contributed by atoms with Crippen LogP contribution in [0.15, 0.2) is 32.1 Å². The minimum Gasteiger partial charge on any atom is -0.398 e. The van der Waals surface area contributed by atoms with Crippen molar-refractivity contribution in [1.82, 2.24) is 14.9 Å². The molecule has 1 heterocycles. The predicted molar refractivity (Wildman–Crippen MR) is 76.5 cm³/mol. The Morgan fingerprint density at radius 1 is 1.45 bits per heavy atom.